The molecule has 0 bridgehead atoms. The lowest BCUT2D eigenvalue weighted by Crippen LogP contribution is -2.36. The lowest BCUT2D eigenvalue weighted by atomic mass is 9.95. The van der Waals surface area contributed by atoms with Crippen molar-refractivity contribution in [2.45, 2.75) is 46.1 Å². The summed E-state index contributed by atoms with van der Waals surface area (Å²) < 4.78 is 0. The first kappa shape index (κ1) is 12.3. The molecule has 0 unspecified atom stereocenters. The van der Waals surface area contributed by atoms with Gasteiger partial charge in [-0.05, 0) is 13.0 Å². The molecule has 1 aliphatic heterocycles. The van der Waals surface area contributed by atoms with E-state index in [9.17, 15) is 4.79 Å². The molecule has 1 N–H and O–H groups in total. The van der Waals surface area contributed by atoms with Gasteiger partial charge in [0.2, 0.25) is 0 Å². The number of hydrogen-bond acceptors (Lipinski definition) is 3. The third-order valence-electron chi connectivity index (χ3n) is 3.31. The molecule has 0 saturated heterocycles. The fourth-order valence-corrected chi connectivity index (χ4v) is 2.12. The fourth-order valence-electron chi connectivity index (χ4n) is 2.12. The number of aromatic nitrogens is 2. The first-order valence-corrected chi connectivity index (χ1v) is 6.26. The van der Waals surface area contributed by atoms with Gasteiger partial charge in [0.15, 0.2) is 0 Å². The van der Waals surface area contributed by atoms with Gasteiger partial charge in [0.25, 0.3) is 5.56 Å². The third kappa shape index (κ3) is 2.41. The molecule has 4 heteroatoms. The van der Waals surface area contributed by atoms with Crippen LogP contribution < -0.4 is 5.56 Å². The van der Waals surface area contributed by atoms with E-state index in [2.05, 4.69) is 42.6 Å². The zero-order valence-corrected chi connectivity index (χ0v) is 11.1. The van der Waals surface area contributed by atoms with Gasteiger partial charge < -0.3 is 4.98 Å². The van der Waals surface area contributed by atoms with Crippen molar-refractivity contribution < 1.29 is 0 Å². The molecule has 0 fully saturated rings. The van der Waals surface area contributed by atoms with Crippen LogP contribution in [-0.4, -0.2) is 28.0 Å². The number of nitrogens with one attached hydrogen (secondary N) is 1. The summed E-state index contributed by atoms with van der Waals surface area (Å²) in [6.45, 7) is 11.1. The summed E-state index contributed by atoms with van der Waals surface area (Å²) in [6, 6.07) is 0. The quantitative estimate of drug-likeness (QED) is 0.801. The topological polar surface area (TPSA) is 49.0 Å². The zero-order chi connectivity index (χ0) is 12.6. The van der Waals surface area contributed by atoms with Crippen molar-refractivity contribution in [3.05, 3.63) is 27.4 Å². The Labute approximate surface area is 102 Å². The summed E-state index contributed by atoms with van der Waals surface area (Å²) in [4.78, 5) is 21.9. The second-order valence-electron chi connectivity index (χ2n) is 5.71. The van der Waals surface area contributed by atoms with Crippen molar-refractivity contribution in [2.75, 3.05) is 13.1 Å². The van der Waals surface area contributed by atoms with Crippen LogP contribution in [0.1, 0.15) is 44.8 Å². The molecule has 0 atom stereocenters. The Morgan fingerprint density at radius 3 is 2.71 bits per heavy atom. The van der Waals surface area contributed by atoms with Gasteiger partial charge in [-0.25, -0.2) is 4.98 Å². The van der Waals surface area contributed by atoms with Gasteiger partial charge in [0.05, 0.1) is 5.69 Å². The molecule has 0 spiro atoms. The van der Waals surface area contributed by atoms with E-state index in [1.54, 1.807) is 0 Å². The molecular weight excluding hydrogens is 214 g/mol. The average molecular weight is 235 g/mol. The number of fused-ring (bicyclic) bond motifs is 1. The number of nitrogens with zero attached hydrogens (tertiary/aromatic N) is 2. The minimum Gasteiger partial charge on any atom is -0.310 e. The highest BCUT2D eigenvalue weighted by atomic mass is 16.1. The maximum Gasteiger partial charge on any atom is 0.254 e. The Morgan fingerprint density at radius 1 is 1.41 bits per heavy atom. The monoisotopic (exact) mass is 235 g/mol. The van der Waals surface area contributed by atoms with Crippen LogP contribution in [0.3, 0.4) is 0 Å². The molecule has 1 aromatic heterocycles. The average Bonchev–Trinajstić information content (AvgIpc) is 2.27. The zero-order valence-electron chi connectivity index (χ0n) is 11.1. The molecule has 0 aromatic carbocycles. The highest BCUT2D eigenvalue weighted by Gasteiger charge is 2.23. The Kier molecular flexibility index (Phi) is 3.08. The number of likely N-dealkylation sites (N-methyl/N-ethyl adjacent to an activating group) is 1. The van der Waals surface area contributed by atoms with Gasteiger partial charge in [0, 0.05) is 24.1 Å². The second-order valence-corrected chi connectivity index (χ2v) is 5.71. The molecule has 94 valence electrons. The highest BCUT2D eigenvalue weighted by molar-refractivity contribution is 5.22. The standard InChI is InChI=1S/C13H21N3O/c1-5-16-7-6-9-10(8-16)14-12(13(2,3)4)15-11(9)17/h5-8H2,1-4H3,(H,14,15,17). The van der Waals surface area contributed by atoms with Crippen molar-refractivity contribution in [3.63, 3.8) is 0 Å². The van der Waals surface area contributed by atoms with Crippen LogP contribution in [0.25, 0.3) is 0 Å². The number of hydrogen-bond donors (Lipinski definition) is 1. The number of aromatic amines is 1. The Bertz CT molecular complexity index is 471. The molecule has 1 aliphatic rings. The van der Waals surface area contributed by atoms with Crippen molar-refractivity contribution in [2.24, 2.45) is 0 Å². The summed E-state index contributed by atoms with van der Waals surface area (Å²) in [5, 5.41) is 0. The van der Waals surface area contributed by atoms with Crippen molar-refractivity contribution in [1.82, 2.24) is 14.9 Å². The van der Waals surface area contributed by atoms with Gasteiger partial charge in [-0.2, -0.15) is 0 Å². The first-order chi connectivity index (χ1) is 7.91. The van der Waals surface area contributed by atoms with E-state index in [1.165, 1.54) is 0 Å². The van der Waals surface area contributed by atoms with Gasteiger partial charge in [0.1, 0.15) is 5.82 Å². The Morgan fingerprint density at radius 2 is 2.12 bits per heavy atom. The Hall–Kier alpha value is -1.16. The lowest BCUT2D eigenvalue weighted by molar-refractivity contribution is 0.261. The molecule has 0 amide bonds. The summed E-state index contributed by atoms with van der Waals surface area (Å²) >= 11 is 0. The Balaban J connectivity index is 2.46. The van der Waals surface area contributed by atoms with Crippen LogP contribution in [-0.2, 0) is 18.4 Å². The maximum atomic E-state index is 12.0. The van der Waals surface area contributed by atoms with Crippen molar-refractivity contribution >= 4 is 0 Å². The summed E-state index contributed by atoms with van der Waals surface area (Å²) in [6.07, 6.45) is 0.815. The molecule has 0 radical (unpaired) electrons. The minimum atomic E-state index is -0.108. The van der Waals surface area contributed by atoms with Gasteiger partial charge >= 0.3 is 0 Å². The normalized spacial score (nSPS) is 16.9. The second kappa shape index (κ2) is 4.26. The molecule has 2 rings (SSSR count). The van der Waals surface area contributed by atoms with E-state index in [0.717, 1.165) is 43.1 Å². The summed E-state index contributed by atoms with van der Waals surface area (Å²) in [5.41, 5.74) is 1.79. The molecule has 4 nitrogen and oxygen atoms in total. The predicted molar refractivity (Wildman–Crippen MR) is 68.2 cm³/mol. The van der Waals surface area contributed by atoms with Crippen molar-refractivity contribution in [3.8, 4) is 0 Å². The highest BCUT2D eigenvalue weighted by Crippen LogP contribution is 2.20. The van der Waals surface area contributed by atoms with Crippen molar-refractivity contribution in [1.29, 1.82) is 0 Å². The minimum absolute atomic E-state index is 0.0516. The SMILES string of the molecule is CCN1CCc2c(nc(C(C)(C)C)[nH]c2=O)C1. The summed E-state index contributed by atoms with van der Waals surface area (Å²) in [5.74, 6) is 0.791. The number of H-pyrrole nitrogens is 1. The van der Waals surface area contributed by atoms with E-state index in [-0.39, 0.29) is 11.0 Å². The van der Waals surface area contributed by atoms with Crippen LogP contribution in [0, 0.1) is 0 Å². The van der Waals surface area contributed by atoms with Crippen LogP contribution in [0.4, 0.5) is 0 Å². The molecule has 2 heterocycles. The van der Waals surface area contributed by atoms with Crippen LogP contribution in [0.2, 0.25) is 0 Å². The maximum absolute atomic E-state index is 12.0. The first-order valence-electron chi connectivity index (χ1n) is 6.26. The smallest absolute Gasteiger partial charge is 0.254 e. The van der Waals surface area contributed by atoms with E-state index in [1.807, 2.05) is 0 Å². The fraction of sp³-hybridized carbons (Fsp3) is 0.692. The van der Waals surface area contributed by atoms with E-state index >= 15 is 0 Å². The van der Waals surface area contributed by atoms with E-state index in [4.69, 9.17) is 0 Å². The predicted octanol–water partition coefficient (Wildman–Crippen LogP) is 1.45. The molecular formula is C13H21N3O. The van der Waals surface area contributed by atoms with Crippen LogP contribution in [0.15, 0.2) is 4.79 Å². The largest absolute Gasteiger partial charge is 0.310 e. The van der Waals surface area contributed by atoms with E-state index < -0.39 is 0 Å². The van der Waals surface area contributed by atoms with Gasteiger partial charge in [-0.1, -0.05) is 27.7 Å². The summed E-state index contributed by atoms with van der Waals surface area (Å²) in [7, 11) is 0. The van der Waals surface area contributed by atoms with Gasteiger partial charge in [-0.3, -0.25) is 9.69 Å². The molecule has 0 saturated carbocycles. The van der Waals surface area contributed by atoms with E-state index in [0.29, 0.717) is 0 Å². The molecule has 1 aromatic rings. The lowest BCUT2D eigenvalue weighted by Gasteiger charge is -2.27. The van der Waals surface area contributed by atoms with Crippen LogP contribution in [0.5, 0.6) is 0 Å². The third-order valence-corrected chi connectivity index (χ3v) is 3.31. The molecule has 17 heavy (non-hydrogen) atoms. The molecule has 0 aliphatic carbocycles. The van der Waals surface area contributed by atoms with Crippen LogP contribution >= 0.6 is 0 Å². The number of rotatable bonds is 1. The van der Waals surface area contributed by atoms with Gasteiger partial charge in [-0.15, -0.1) is 0 Å².